The van der Waals surface area contributed by atoms with Crippen LogP contribution in [0.5, 0.6) is 0 Å². The highest BCUT2D eigenvalue weighted by molar-refractivity contribution is 5.80. The van der Waals surface area contributed by atoms with Crippen molar-refractivity contribution in [3.63, 3.8) is 0 Å². The molecule has 0 fully saturated rings. The van der Waals surface area contributed by atoms with Crippen LogP contribution >= 0.6 is 0 Å². The van der Waals surface area contributed by atoms with E-state index in [9.17, 15) is 4.39 Å². The molecule has 11 heavy (non-hydrogen) atoms. The van der Waals surface area contributed by atoms with Gasteiger partial charge in [-0.2, -0.15) is 0 Å². The molecular formula is C7H5FN2O. The van der Waals surface area contributed by atoms with Crippen LogP contribution < -0.4 is 5.73 Å². The number of halogens is 1. The molecule has 0 atom stereocenters. The predicted molar refractivity (Wildman–Crippen MR) is 38.4 cm³/mol. The van der Waals surface area contributed by atoms with E-state index in [4.69, 9.17) is 10.3 Å². The second kappa shape index (κ2) is 1.95. The predicted octanol–water partition coefficient (Wildman–Crippen LogP) is 1.55. The first-order valence-corrected chi connectivity index (χ1v) is 3.07. The summed E-state index contributed by atoms with van der Waals surface area (Å²) in [4.78, 5) is 0. The quantitative estimate of drug-likeness (QED) is 0.582. The Labute approximate surface area is 61.6 Å². The summed E-state index contributed by atoms with van der Waals surface area (Å²) < 4.78 is 17.7. The molecule has 0 aliphatic rings. The van der Waals surface area contributed by atoms with Gasteiger partial charge in [0, 0.05) is 0 Å². The fraction of sp³-hybridized carbons (Fsp3) is 0. The third kappa shape index (κ3) is 0.756. The zero-order chi connectivity index (χ0) is 7.84. The van der Waals surface area contributed by atoms with Crippen LogP contribution in [-0.2, 0) is 0 Å². The Kier molecular flexibility index (Phi) is 1.09. The van der Waals surface area contributed by atoms with Crippen LogP contribution in [0.4, 0.5) is 10.1 Å². The smallest absolute Gasteiger partial charge is 0.169 e. The number of aromatic nitrogens is 1. The van der Waals surface area contributed by atoms with Gasteiger partial charge in [0.15, 0.2) is 11.4 Å². The normalized spacial score (nSPS) is 10.6. The first kappa shape index (κ1) is 6.15. The van der Waals surface area contributed by atoms with Crippen LogP contribution in [0, 0.1) is 5.82 Å². The second-order valence-corrected chi connectivity index (χ2v) is 2.21. The summed E-state index contributed by atoms with van der Waals surface area (Å²) in [6.07, 6.45) is 1.31. The van der Waals surface area contributed by atoms with Gasteiger partial charge >= 0.3 is 0 Å². The van der Waals surface area contributed by atoms with E-state index in [1.165, 1.54) is 12.3 Å². The number of nitrogen functional groups attached to an aromatic ring is 1. The van der Waals surface area contributed by atoms with Gasteiger partial charge in [-0.15, -0.1) is 0 Å². The molecule has 2 rings (SSSR count). The van der Waals surface area contributed by atoms with Gasteiger partial charge in [-0.25, -0.2) is 4.39 Å². The lowest BCUT2D eigenvalue weighted by atomic mass is 10.2. The third-order valence-corrected chi connectivity index (χ3v) is 1.50. The minimum absolute atomic E-state index is 0.112. The molecular weight excluding hydrogens is 147 g/mol. The summed E-state index contributed by atoms with van der Waals surface area (Å²) in [5, 5.41) is 3.76. The molecule has 0 radical (unpaired) electrons. The summed E-state index contributed by atoms with van der Waals surface area (Å²) in [5.74, 6) is -0.469. The minimum atomic E-state index is -0.469. The monoisotopic (exact) mass is 152 g/mol. The number of nitrogens with two attached hydrogens (primary N) is 1. The molecule has 0 aliphatic heterocycles. The summed E-state index contributed by atoms with van der Waals surface area (Å²) in [6, 6.07) is 3.03. The van der Waals surface area contributed by atoms with Crippen molar-refractivity contribution in [2.24, 2.45) is 0 Å². The standard InChI is InChI=1S/C7H5FN2O/c8-7-4-3-10-11-6(4)2-1-5(7)9/h1-3H,9H2. The van der Waals surface area contributed by atoms with Crippen LogP contribution in [0.2, 0.25) is 0 Å². The van der Waals surface area contributed by atoms with Crippen LogP contribution in [0.1, 0.15) is 0 Å². The highest BCUT2D eigenvalue weighted by Crippen LogP contribution is 2.21. The topological polar surface area (TPSA) is 52.0 Å². The summed E-state index contributed by atoms with van der Waals surface area (Å²) in [5.41, 5.74) is 5.83. The van der Waals surface area contributed by atoms with Crippen molar-refractivity contribution >= 4 is 16.7 Å². The maximum atomic E-state index is 13.0. The molecule has 1 aromatic carbocycles. The molecule has 1 aromatic heterocycles. The Morgan fingerprint density at radius 1 is 1.45 bits per heavy atom. The molecule has 1 heterocycles. The Morgan fingerprint density at radius 3 is 3.09 bits per heavy atom. The molecule has 0 spiro atoms. The van der Waals surface area contributed by atoms with Gasteiger partial charge in [0.05, 0.1) is 17.3 Å². The highest BCUT2D eigenvalue weighted by atomic mass is 19.1. The van der Waals surface area contributed by atoms with E-state index in [2.05, 4.69) is 5.16 Å². The molecule has 0 saturated heterocycles. The summed E-state index contributed by atoms with van der Waals surface area (Å²) >= 11 is 0. The van der Waals surface area contributed by atoms with Crippen molar-refractivity contribution in [3.05, 3.63) is 24.1 Å². The van der Waals surface area contributed by atoms with E-state index < -0.39 is 5.82 Å². The molecule has 0 aliphatic carbocycles. The average Bonchev–Trinajstić information content (AvgIpc) is 2.45. The first-order valence-electron chi connectivity index (χ1n) is 3.07. The SMILES string of the molecule is Nc1ccc2oncc2c1F. The van der Waals surface area contributed by atoms with E-state index in [0.29, 0.717) is 11.0 Å². The molecule has 56 valence electrons. The summed E-state index contributed by atoms with van der Waals surface area (Å²) in [6.45, 7) is 0. The molecule has 0 bridgehead atoms. The zero-order valence-corrected chi connectivity index (χ0v) is 5.54. The number of nitrogens with zero attached hydrogens (tertiary/aromatic N) is 1. The summed E-state index contributed by atoms with van der Waals surface area (Å²) in [7, 11) is 0. The van der Waals surface area contributed by atoms with Gasteiger partial charge in [-0.3, -0.25) is 0 Å². The molecule has 0 amide bonds. The number of fused-ring (bicyclic) bond motifs is 1. The fourth-order valence-electron chi connectivity index (χ4n) is 0.928. The largest absolute Gasteiger partial charge is 0.396 e. The van der Waals surface area contributed by atoms with Crippen LogP contribution in [0.3, 0.4) is 0 Å². The molecule has 0 saturated carbocycles. The van der Waals surface area contributed by atoms with Gasteiger partial charge in [0.2, 0.25) is 0 Å². The lowest BCUT2D eigenvalue weighted by molar-refractivity contribution is 0.456. The highest BCUT2D eigenvalue weighted by Gasteiger charge is 2.06. The van der Waals surface area contributed by atoms with E-state index in [1.54, 1.807) is 6.07 Å². The lowest BCUT2D eigenvalue weighted by Gasteiger charge is -1.93. The van der Waals surface area contributed by atoms with Crippen LogP contribution in [0.15, 0.2) is 22.9 Å². The van der Waals surface area contributed by atoms with E-state index in [-0.39, 0.29) is 5.69 Å². The van der Waals surface area contributed by atoms with E-state index >= 15 is 0 Å². The maximum Gasteiger partial charge on any atom is 0.169 e. The number of hydrogen-bond acceptors (Lipinski definition) is 3. The molecule has 4 heteroatoms. The van der Waals surface area contributed by atoms with E-state index in [1.807, 2.05) is 0 Å². The van der Waals surface area contributed by atoms with Gasteiger partial charge in [0.1, 0.15) is 0 Å². The number of hydrogen-bond donors (Lipinski definition) is 1. The van der Waals surface area contributed by atoms with Crippen LogP contribution in [-0.4, -0.2) is 5.16 Å². The van der Waals surface area contributed by atoms with E-state index in [0.717, 1.165) is 0 Å². The Morgan fingerprint density at radius 2 is 2.27 bits per heavy atom. The first-order chi connectivity index (χ1) is 5.29. The Balaban J connectivity index is 2.93. The molecule has 0 unspecified atom stereocenters. The van der Waals surface area contributed by atoms with Gasteiger partial charge in [-0.05, 0) is 12.1 Å². The lowest BCUT2D eigenvalue weighted by Crippen LogP contribution is -1.88. The average molecular weight is 152 g/mol. The Hall–Kier alpha value is -1.58. The van der Waals surface area contributed by atoms with Crippen molar-refractivity contribution in [2.75, 3.05) is 5.73 Å². The molecule has 2 aromatic rings. The van der Waals surface area contributed by atoms with Crippen molar-refractivity contribution in [1.29, 1.82) is 0 Å². The molecule has 2 N–H and O–H groups in total. The van der Waals surface area contributed by atoms with Gasteiger partial charge in [0.25, 0.3) is 0 Å². The number of benzene rings is 1. The second-order valence-electron chi connectivity index (χ2n) is 2.21. The molecule has 3 nitrogen and oxygen atoms in total. The van der Waals surface area contributed by atoms with Crippen LogP contribution in [0.25, 0.3) is 11.0 Å². The fourth-order valence-corrected chi connectivity index (χ4v) is 0.928. The Bertz CT molecular complexity index is 396. The van der Waals surface area contributed by atoms with Gasteiger partial charge in [-0.1, -0.05) is 5.16 Å². The maximum absolute atomic E-state index is 13.0. The van der Waals surface area contributed by atoms with Crippen molar-refractivity contribution in [1.82, 2.24) is 5.16 Å². The van der Waals surface area contributed by atoms with Gasteiger partial charge < -0.3 is 10.3 Å². The number of anilines is 1. The third-order valence-electron chi connectivity index (χ3n) is 1.50. The van der Waals surface area contributed by atoms with Crippen molar-refractivity contribution in [3.8, 4) is 0 Å². The minimum Gasteiger partial charge on any atom is -0.396 e. The van der Waals surface area contributed by atoms with Crippen molar-refractivity contribution in [2.45, 2.75) is 0 Å². The zero-order valence-electron chi connectivity index (χ0n) is 5.54. The number of rotatable bonds is 0. The van der Waals surface area contributed by atoms with Crippen molar-refractivity contribution < 1.29 is 8.91 Å².